The van der Waals surface area contributed by atoms with E-state index in [0.717, 1.165) is 0 Å². The van der Waals surface area contributed by atoms with E-state index in [1.165, 1.54) is 26.4 Å². The topological polar surface area (TPSA) is 186 Å². The van der Waals surface area contributed by atoms with Gasteiger partial charge < -0.3 is 19.6 Å². The number of carbonyl (C=O) groups excluding carboxylic acids is 4. The molecule has 0 unspecified atom stereocenters. The zero-order chi connectivity index (χ0) is 35.6. The maximum atomic E-state index is 13.9. The van der Waals surface area contributed by atoms with E-state index in [9.17, 15) is 14.7 Å². The standard InChI is InChI=1S/C31H36N6O7.2CH2O/c1-30(2)21(36(13-7-15-43-41-5)28-26(30)32-9-11-34-28)17-19-23(38)20(25(40)24(19)39)18-22-31(3,4)27-29(35-12-10-33-27)37(22)14-8-16-44-42-6;2*1-2/h9-12,17-18H,7-8,13-16H2,1-6H3;2*1H2. The second-order valence-electron chi connectivity index (χ2n) is 11.6. The monoisotopic (exact) mass is 664 g/mol. The average Bonchev–Trinajstić information content (AvgIpc) is 3.54. The fourth-order valence-corrected chi connectivity index (χ4v) is 5.91. The minimum Gasteiger partial charge on any atom is -0.871 e. The summed E-state index contributed by atoms with van der Waals surface area (Å²) in [6.07, 6.45) is 10.6. The summed E-state index contributed by atoms with van der Waals surface area (Å²) >= 11 is 0. The van der Waals surface area contributed by atoms with E-state index in [1.807, 2.05) is 50.7 Å². The first kappa shape index (κ1) is 37.6. The molecule has 4 heterocycles. The van der Waals surface area contributed by atoms with E-state index in [4.69, 9.17) is 29.1 Å². The molecule has 3 aliphatic rings. The fraction of sp³-hybridized carbons (Fsp3) is 0.424. The van der Waals surface area contributed by atoms with Crippen LogP contribution in [-0.4, -0.2) is 95.9 Å². The Bertz CT molecular complexity index is 1650. The van der Waals surface area contributed by atoms with E-state index < -0.39 is 28.2 Å². The lowest BCUT2D eigenvalue weighted by Gasteiger charge is -2.26. The summed E-state index contributed by atoms with van der Waals surface area (Å²) in [5.74, 6) is -1.10. The van der Waals surface area contributed by atoms with Crippen molar-refractivity contribution in [3.63, 3.8) is 0 Å². The molecule has 0 saturated heterocycles. The van der Waals surface area contributed by atoms with Crippen LogP contribution in [-0.2, 0) is 49.6 Å². The zero-order valence-corrected chi connectivity index (χ0v) is 28.0. The fourth-order valence-electron chi connectivity index (χ4n) is 5.91. The molecular formula is C33H40N6O9. The molecule has 2 aliphatic heterocycles. The second kappa shape index (κ2) is 16.3. The first-order valence-corrected chi connectivity index (χ1v) is 14.9. The molecule has 0 radical (unpaired) electrons. The zero-order valence-electron chi connectivity index (χ0n) is 28.0. The number of hydrogen-bond acceptors (Lipinski definition) is 14. The Morgan fingerprint density at radius 2 is 1.40 bits per heavy atom. The van der Waals surface area contributed by atoms with Crippen molar-refractivity contribution >= 4 is 42.5 Å². The van der Waals surface area contributed by atoms with Crippen LogP contribution in [0.4, 0.5) is 11.6 Å². The van der Waals surface area contributed by atoms with Gasteiger partial charge in [0.25, 0.3) is 0 Å². The number of anilines is 1. The van der Waals surface area contributed by atoms with Crippen molar-refractivity contribution in [2.45, 2.75) is 51.4 Å². The van der Waals surface area contributed by atoms with Crippen molar-refractivity contribution in [2.24, 2.45) is 0 Å². The minimum atomic E-state index is -0.852. The summed E-state index contributed by atoms with van der Waals surface area (Å²) < 4.78 is 1.91. The Morgan fingerprint density at radius 1 is 0.812 bits per heavy atom. The summed E-state index contributed by atoms with van der Waals surface area (Å²) in [5.41, 5.74) is 0.893. The Hall–Kier alpha value is -4.83. The molecule has 0 aromatic carbocycles. The van der Waals surface area contributed by atoms with Crippen molar-refractivity contribution in [2.75, 3.05) is 45.4 Å². The molecule has 1 aliphatic carbocycles. The molecule has 2 aromatic heterocycles. The first-order valence-electron chi connectivity index (χ1n) is 14.9. The molecule has 15 nitrogen and oxygen atoms in total. The summed E-state index contributed by atoms with van der Waals surface area (Å²) in [5, 5.41) is 13.9. The number of hydrogen-bond donors (Lipinski definition) is 0. The van der Waals surface area contributed by atoms with Gasteiger partial charge in [0, 0.05) is 42.2 Å². The maximum absolute atomic E-state index is 13.9. The Labute approximate surface area is 278 Å². The van der Waals surface area contributed by atoms with E-state index >= 15 is 0 Å². The molecular weight excluding hydrogens is 624 g/mol. The van der Waals surface area contributed by atoms with Crippen molar-refractivity contribution in [1.82, 2.24) is 19.9 Å². The van der Waals surface area contributed by atoms with Crippen LogP contribution < -0.4 is 10.0 Å². The number of allylic oxidation sites excluding steroid dienone is 5. The molecule has 5 rings (SSSR count). The van der Waals surface area contributed by atoms with Crippen molar-refractivity contribution in [3.05, 3.63) is 70.9 Å². The maximum Gasteiger partial charge on any atom is 0.345 e. The molecule has 0 spiro atoms. The summed E-state index contributed by atoms with van der Waals surface area (Å²) in [6, 6.07) is 0. The second-order valence-corrected chi connectivity index (χ2v) is 11.6. The van der Waals surface area contributed by atoms with Crippen LogP contribution in [0.5, 0.6) is 0 Å². The van der Waals surface area contributed by atoms with Gasteiger partial charge >= 0.3 is 5.82 Å². The Balaban J connectivity index is 0.00000151. The van der Waals surface area contributed by atoms with Gasteiger partial charge in [0.1, 0.15) is 25.0 Å². The molecule has 2 aromatic rings. The van der Waals surface area contributed by atoms with Crippen LogP contribution in [0, 0.1) is 0 Å². The molecule has 0 amide bonds. The van der Waals surface area contributed by atoms with Crippen molar-refractivity contribution in [1.29, 1.82) is 0 Å². The highest BCUT2D eigenvalue weighted by atomic mass is 17.2. The third-order valence-corrected chi connectivity index (χ3v) is 8.12. The number of rotatable bonds is 12. The summed E-state index contributed by atoms with van der Waals surface area (Å²) in [6.45, 7) is 13.3. The van der Waals surface area contributed by atoms with Gasteiger partial charge in [-0.05, 0) is 51.3 Å². The Kier molecular flexibility index (Phi) is 12.8. The van der Waals surface area contributed by atoms with E-state index in [2.05, 4.69) is 19.9 Å². The van der Waals surface area contributed by atoms with E-state index in [-0.39, 0.29) is 11.1 Å². The molecule has 0 N–H and O–H groups in total. The molecule has 0 fully saturated rings. The normalized spacial score (nSPS) is 18.9. The van der Waals surface area contributed by atoms with Crippen LogP contribution in [0.1, 0.15) is 51.9 Å². The van der Waals surface area contributed by atoms with Gasteiger partial charge in [-0.2, -0.15) is 0 Å². The predicted octanol–water partition coefficient (Wildman–Crippen LogP) is 1.58. The van der Waals surface area contributed by atoms with Crippen molar-refractivity contribution < 1.29 is 48.4 Å². The lowest BCUT2D eigenvalue weighted by Crippen LogP contribution is -2.30. The van der Waals surface area contributed by atoms with Crippen LogP contribution in [0.2, 0.25) is 0 Å². The van der Waals surface area contributed by atoms with Crippen LogP contribution >= 0.6 is 0 Å². The van der Waals surface area contributed by atoms with Crippen LogP contribution in [0.3, 0.4) is 0 Å². The van der Waals surface area contributed by atoms with Crippen molar-refractivity contribution in [3.8, 4) is 0 Å². The first-order chi connectivity index (χ1) is 23.1. The van der Waals surface area contributed by atoms with Gasteiger partial charge in [-0.25, -0.2) is 34.1 Å². The summed E-state index contributed by atoms with van der Waals surface area (Å²) in [4.78, 5) is 82.4. The largest absolute Gasteiger partial charge is 0.871 e. The molecule has 48 heavy (non-hydrogen) atoms. The molecule has 15 heteroatoms. The number of nitrogens with zero attached hydrogens (tertiary/aromatic N) is 6. The molecule has 0 bridgehead atoms. The third-order valence-electron chi connectivity index (χ3n) is 8.12. The molecule has 0 atom stereocenters. The van der Waals surface area contributed by atoms with E-state index in [1.54, 1.807) is 24.8 Å². The highest BCUT2D eigenvalue weighted by Gasteiger charge is 2.47. The van der Waals surface area contributed by atoms with Gasteiger partial charge in [0.2, 0.25) is 11.6 Å². The highest BCUT2D eigenvalue weighted by molar-refractivity contribution is 6.54. The third kappa shape index (κ3) is 7.04. The quantitative estimate of drug-likeness (QED) is 0.0795. The van der Waals surface area contributed by atoms with Gasteiger partial charge in [-0.15, -0.1) is 0 Å². The lowest BCUT2D eigenvalue weighted by atomic mass is 9.84. The molecule has 256 valence electrons. The van der Waals surface area contributed by atoms with Crippen LogP contribution in [0.25, 0.3) is 0 Å². The van der Waals surface area contributed by atoms with Gasteiger partial charge in [-0.1, -0.05) is 5.76 Å². The smallest absolute Gasteiger partial charge is 0.345 e. The van der Waals surface area contributed by atoms with E-state index in [0.29, 0.717) is 73.6 Å². The molecule has 0 saturated carbocycles. The lowest BCUT2D eigenvalue weighted by molar-refractivity contribution is -0.445. The number of aromatic nitrogens is 4. The number of carbonyl (C=O) groups is 4. The number of fused-ring (bicyclic) bond motifs is 2. The highest BCUT2D eigenvalue weighted by Crippen LogP contribution is 2.46. The van der Waals surface area contributed by atoms with Crippen LogP contribution in [0.15, 0.2) is 59.5 Å². The number of ketones is 2. The number of Topliss-reactive ketones (excluding diaryl/α,β-unsaturated/α-hetero) is 2. The minimum absolute atomic E-state index is 0.194. The predicted molar refractivity (Wildman–Crippen MR) is 170 cm³/mol. The van der Waals surface area contributed by atoms with Gasteiger partial charge in [0.05, 0.1) is 56.7 Å². The summed E-state index contributed by atoms with van der Waals surface area (Å²) in [7, 11) is 2.87. The average molecular weight is 665 g/mol. The van der Waals surface area contributed by atoms with Gasteiger partial charge in [-0.3, -0.25) is 14.6 Å². The van der Waals surface area contributed by atoms with Gasteiger partial charge in [0.15, 0.2) is 12.0 Å². The Morgan fingerprint density at radius 3 is 2.04 bits per heavy atom. The SMILES string of the molecule is C=O.C=O.COOCCCN1/C(=C\C2=C([O-])C(=C/C3=[N+](CCCOOC)c4nccnc4C3(C)C)/C(=O)C2=O)C(C)(C)c2nccnc21.